The molecule has 0 fully saturated rings. The van der Waals surface area contributed by atoms with Crippen LogP contribution in [-0.2, 0) is 4.74 Å². The number of halogens is 1. The summed E-state index contributed by atoms with van der Waals surface area (Å²) in [5.41, 5.74) is 2.39. The van der Waals surface area contributed by atoms with E-state index in [1.54, 1.807) is 19.3 Å². The van der Waals surface area contributed by atoms with Crippen LogP contribution in [0.3, 0.4) is 0 Å². The molecule has 0 aliphatic carbocycles. The Morgan fingerprint density at radius 1 is 1.25 bits per heavy atom. The average Bonchev–Trinajstić information content (AvgIpc) is 3.35. The van der Waals surface area contributed by atoms with Crippen LogP contribution in [-0.4, -0.2) is 39.3 Å². The number of alkyl halides is 1. The van der Waals surface area contributed by atoms with E-state index in [1.165, 1.54) is 4.68 Å². The lowest BCUT2D eigenvalue weighted by Crippen LogP contribution is -2.19. The van der Waals surface area contributed by atoms with Gasteiger partial charge in [0.25, 0.3) is 0 Å². The highest BCUT2D eigenvalue weighted by atomic mass is 19.1. The second-order valence-electron chi connectivity index (χ2n) is 6.33. The molecular weight excluding hydrogens is 359 g/mol. The minimum atomic E-state index is -1.13. The smallest absolute Gasteiger partial charge is 0.191 e. The SMILES string of the molecule is CC.CCCOCC(C)Oc1ccc2[nH]nc(-c3cnn(C(F)CC)c3)c2c1. The van der Waals surface area contributed by atoms with E-state index in [0.717, 1.165) is 40.9 Å². The predicted molar refractivity (Wildman–Crippen MR) is 110 cm³/mol. The van der Waals surface area contributed by atoms with Gasteiger partial charge in [0.2, 0.25) is 0 Å². The Hall–Kier alpha value is -2.41. The zero-order valence-electron chi connectivity index (χ0n) is 17.4. The fourth-order valence-electron chi connectivity index (χ4n) is 2.75. The largest absolute Gasteiger partial charge is 0.488 e. The van der Waals surface area contributed by atoms with Crippen LogP contribution in [0.15, 0.2) is 30.6 Å². The van der Waals surface area contributed by atoms with Gasteiger partial charge in [-0.05, 0) is 38.0 Å². The molecule has 1 aromatic carbocycles. The molecule has 1 N–H and O–H groups in total. The Kier molecular flexibility index (Phi) is 8.44. The number of aromatic nitrogens is 4. The summed E-state index contributed by atoms with van der Waals surface area (Å²) in [7, 11) is 0. The summed E-state index contributed by atoms with van der Waals surface area (Å²) in [6.07, 6.45) is 3.50. The Balaban J connectivity index is 0.00000136. The van der Waals surface area contributed by atoms with Crippen LogP contribution >= 0.6 is 0 Å². The second-order valence-corrected chi connectivity index (χ2v) is 6.33. The third-order valence-corrected chi connectivity index (χ3v) is 4.07. The van der Waals surface area contributed by atoms with Crippen molar-refractivity contribution < 1.29 is 13.9 Å². The molecule has 2 heterocycles. The van der Waals surface area contributed by atoms with Crippen molar-refractivity contribution in [2.45, 2.75) is 59.9 Å². The molecule has 7 heteroatoms. The number of rotatable bonds is 9. The first-order valence-electron chi connectivity index (χ1n) is 10.0. The normalized spacial score (nSPS) is 13.1. The Morgan fingerprint density at radius 3 is 2.75 bits per heavy atom. The van der Waals surface area contributed by atoms with Crippen LogP contribution in [0.4, 0.5) is 4.39 Å². The van der Waals surface area contributed by atoms with Gasteiger partial charge in [-0.1, -0.05) is 27.7 Å². The molecule has 28 heavy (non-hydrogen) atoms. The molecule has 0 saturated heterocycles. The van der Waals surface area contributed by atoms with E-state index in [-0.39, 0.29) is 6.10 Å². The van der Waals surface area contributed by atoms with E-state index in [4.69, 9.17) is 9.47 Å². The second kappa shape index (κ2) is 10.8. The van der Waals surface area contributed by atoms with E-state index >= 15 is 0 Å². The highest BCUT2D eigenvalue weighted by Crippen LogP contribution is 2.30. The number of hydrogen-bond acceptors (Lipinski definition) is 4. The summed E-state index contributed by atoms with van der Waals surface area (Å²) in [5.74, 6) is 0.747. The van der Waals surface area contributed by atoms with Gasteiger partial charge in [-0.2, -0.15) is 10.2 Å². The maximum atomic E-state index is 13.8. The molecule has 0 aliphatic rings. The Morgan fingerprint density at radius 2 is 2.04 bits per heavy atom. The molecular formula is C21H31FN4O2. The standard InChI is InChI=1S/C19H25FN4O2.C2H6/c1-4-8-25-12-13(3)26-15-6-7-17-16(9-15)19(23-22-17)14-10-21-24(11-14)18(20)5-2;1-2/h6-7,9-11,13,18H,4-5,8,12H2,1-3H3,(H,22,23);1-2H3. The van der Waals surface area contributed by atoms with Crippen molar-refractivity contribution in [1.29, 1.82) is 0 Å². The van der Waals surface area contributed by atoms with E-state index < -0.39 is 6.30 Å². The number of ether oxygens (including phenoxy) is 2. The van der Waals surface area contributed by atoms with Crippen LogP contribution < -0.4 is 4.74 Å². The molecule has 0 bridgehead atoms. The molecule has 0 spiro atoms. The van der Waals surface area contributed by atoms with Crippen LogP contribution in [0.25, 0.3) is 22.2 Å². The number of fused-ring (bicyclic) bond motifs is 1. The summed E-state index contributed by atoms with van der Waals surface area (Å²) >= 11 is 0. The van der Waals surface area contributed by atoms with Crippen LogP contribution in [0.1, 0.15) is 53.8 Å². The van der Waals surface area contributed by atoms with Gasteiger partial charge in [-0.25, -0.2) is 9.07 Å². The van der Waals surface area contributed by atoms with Gasteiger partial charge in [0.05, 0.1) is 18.3 Å². The number of hydrogen-bond donors (Lipinski definition) is 1. The zero-order chi connectivity index (χ0) is 20.5. The zero-order valence-corrected chi connectivity index (χ0v) is 17.4. The molecule has 0 saturated carbocycles. The molecule has 154 valence electrons. The molecule has 3 aromatic rings. The van der Waals surface area contributed by atoms with E-state index in [9.17, 15) is 4.39 Å². The van der Waals surface area contributed by atoms with Crippen LogP contribution in [0.2, 0.25) is 0 Å². The van der Waals surface area contributed by atoms with Crippen molar-refractivity contribution in [3.05, 3.63) is 30.6 Å². The van der Waals surface area contributed by atoms with Crippen molar-refractivity contribution in [3.8, 4) is 17.0 Å². The summed E-state index contributed by atoms with van der Waals surface area (Å²) < 4.78 is 26.6. The fraction of sp³-hybridized carbons (Fsp3) is 0.524. The number of H-pyrrole nitrogens is 1. The molecule has 0 radical (unpaired) electrons. The van der Waals surface area contributed by atoms with Gasteiger partial charge in [-0.15, -0.1) is 0 Å². The van der Waals surface area contributed by atoms with Gasteiger partial charge in [0.1, 0.15) is 17.5 Å². The summed E-state index contributed by atoms with van der Waals surface area (Å²) in [6, 6.07) is 5.77. The lowest BCUT2D eigenvalue weighted by atomic mass is 10.1. The predicted octanol–water partition coefficient (Wildman–Crippen LogP) is 5.52. The molecule has 3 rings (SSSR count). The van der Waals surface area contributed by atoms with Gasteiger partial charge >= 0.3 is 0 Å². The summed E-state index contributed by atoms with van der Waals surface area (Å²) in [6.45, 7) is 11.1. The number of nitrogens with one attached hydrogen (secondary N) is 1. The lowest BCUT2D eigenvalue weighted by molar-refractivity contribution is 0.0590. The molecule has 2 atom stereocenters. The summed E-state index contributed by atoms with van der Waals surface area (Å²) in [5, 5.41) is 12.4. The van der Waals surface area contributed by atoms with Gasteiger partial charge in [0, 0.05) is 23.8 Å². The molecule has 2 aromatic heterocycles. The molecule has 6 nitrogen and oxygen atoms in total. The first-order valence-corrected chi connectivity index (χ1v) is 10.0. The van der Waals surface area contributed by atoms with Crippen LogP contribution in [0, 0.1) is 0 Å². The van der Waals surface area contributed by atoms with Gasteiger partial charge in [-0.3, -0.25) is 5.10 Å². The number of aromatic amines is 1. The first-order chi connectivity index (χ1) is 13.6. The van der Waals surface area contributed by atoms with Crippen molar-refractivity contribution in [2.75, 3.05) is 13.2 Å². The maximum Gasteiger partial charge on any atom is 0.191 e. The van der Waals surface area contributed by atoms with Gasteiger partial charge in [0.15, 0.2) is 6.30 Å². The minimum absolute atomic E-state index is 0.0473. The van der Waals surface area contributed by atoms with Crippen molar-refractivity contribution in [3.63, 3.8) is 0 Å². The molecule has 0 aliphatic heterocycles. The first kappa shape index (κ1) is 21.9. The average molecular weight is 391 g/mol. The van der Waals surface area contributed by atoms with Gasteiger partial charge < -0.3 is 9.47 Å². The molecule has 2 unspecified atom stereocenters. The van der Waals surface area contributed by atoms with Crippen molar-refractivity contribution >= 4 is 10.9 Å². The van der Waals surface area contributed by atoms with Crippen molar-refractivity contribution in [2.24, 2.45) is 0 Å². The topological polar surface area (TPSA) is 65.0 Å². The van der Waals surface area contributed by atoms with Crippen LogP contribution in [0.5, 0.6) is 5.75 Å². The highest BCUT2D eigenvalue weighted by molar-refractivity contribution is 5.93. The minimum Gasteiger partial charge on any atom is -0.488 e. The van der Waals surface area contributed by atoms with E-state index in [0.29, 0.717) is 13.0 Å². The quantitative estimate of drug-likeness (QED) is 0.488. The lowest BCUT2D eigenvalue weighted by Gasteiger charge is -2.14. The maximum absolute atomic E-state index is 13.8. The number of benzene rings is 1. The third-order valence-electron chi connectivity index (χ3n) is 4.07. The Labute approximate surface area is 166 Å². The van der Waals surface area contributed by atoms with Crippen molar-refractivity contribution in [1.82, 2.24) is 20.0 Å². The number of nitrogens with zero attached hydrogens (tertiary/aromatic N) is 3. The molecule has 0 amide bonds. The Bertz CT molecular complexity index is 846. The summed E-state index contributed by atoms with van der Waals surface area (Å²) in [4.78, 5) is 0. The third kappa shape index (κ3) is 5.32. The highest BCUT2D eigenvalue weighted by Gasteiger charge is 2.14. The van der Waals surface area contributed by atoms with E-state index in [2.05, 4.69) is 22.2 Å². The fourth-order valence-corrected chi connectivity index (χ4v) is 2.75. The van der Waals surface area contributed by atoms with E-state index in [1.807, 2.05) is 39.0 Å². The monoisotopic (exact) mass is 390 g/mol.